The fraction of sp³-hybridized carbons (Fsp3) is 0.355. The third kappa shape index (κ3) is 8.71. The molecule has 0 heterocycles. The van der Waals surface area contributed by atoms with E-state index in [9.17, 15) is 18.0 Å². The Hall–Kier alpha value is -3.56. The van der Waals surface area contributed by atoms with Gasteiger partial charge in [0.25, 0.3) is 10.0 Å². The molecule has 1 N–H and O–H groups in total. The maximum Gasteiger partial charge on any atom is 0.264 e. The molecule has 41 heavy (non-hydrogen) atoms. The lowest BCUT2D eigenvalue weighted by atomic mass is 10.1. The monoisotopic (exact) mass is 599 g/mol. The molecule has 0 bridgehead atoms. The molecule has 2 amide bonds. The molecule has 0 aliphatic rings. The maximum absolute atomic E-state index is 14.1. The summed E-state index contributed by atoms with van der Waals surface area (Å²) in [5.74, 6) is -0.296. The number of sulfonamides is 1. The van der Waals surface area contributed by atoms with Crippen molar-refractivity contribution in [2.45, 2.75) is 64.1 Å². The molecule has 0 radical (unpaired) electrons. The summed E-state index contributed by atoms with van der Waals surface area (Å²) in [4.78, 5) is 28.9. The predicted molar refractivity (Wildman–Crippen MR) is 163 cm³/mol. The van der Waals surface area contributed by atoms with E-state index < -0.39 is 34.1 Å². The summed E-state index contributed by atoms with van der Waals surface area (Å²) in [5, 5.41) is 3.50. The van der Waals surface area contributed by atoms with E-state index in [1.807, 2.05) is 34.6 Å². The molecule has 3 aromatic rings. The van der Waals surface area contributed by atoms with Crippen LogP contribution in [0, 0.1) is 0 Å². The van der Waals surface area contributed by atoms with Crippen molar-refractivity contribution in [2.75, 3.05) is 17.5 Å². The topological polar surface area (TPSA) is 96.0 Å². The quantitative estimate of drug-likeness (QED) is 0.290. The largest absolute Gasteiger partial charge is 0.494 e. The molecular formula is C31H38ClN3O5S. The highest BCUT2D eigenvalue weighted by molar-refractivity contribution is 7.92. The van der Waals surface area contributed by atoms with Gasteiger partial charge >= 0.3 is 0 Å². The molecule has 0 aromatic heterocycles. The van der Waals surface area contributed by atoms with Crippen molar-refractivity contribution in [1.29, 1.82) is 0 Å². The second kappa shape index (κ2) is 13.9. The smallest absolute Gasteiger partial charge is 0.264 e. The Labute approximate surface area is 248 Å². The summed E-state index contributed by atoms with van der Waals surface area (Å²) >= 11 is 6.07. The van der Waals surface area contributed by atoms with Gasteiger partial charge in [-0.2, -0.15) is 0 Å². The van der Waals surface area contributed by atoms with E-state index in [4.69, 9.17) is 16.3 Å². The lowest BCUT2D eigenvalue weighted by Crippen LogP contribution is -2.55. The van der Waals surface area contributed by atoms with E-state index >= 15 is 0 Å². The number of halogens is 1. The predicted octanol–water partition coefficient (Wildman–Crippen LogP) is 5.66. The van der Waals surface area contributed by atoms with Crippen LogP contribution in [0.15, 0.2) is 83.8 Å². The Morgan fingerprint density at radius 1 is 0.927 bits per heavy atom. The molecule has 10 heteroatoms. The number of hydrogen-bond donors (Lipinski definition) is 1. The van der Waals surface area contributed by atoms with Crippen molar-refractivity contribution < 1.29 is 22.7 Å². The van der Waals surface area contributed by atoms with E-state index in [-0.39, 0.29) is 17.3 Å². The second-order valence-electron chi connectivity index (χ2n) is 10.6. The zero-order chi connectivity index (χ0) is 30.2. The van der Waals surface area contributed by atoms with E-state index in [2.05, 4.69) is 5.32 Å². The standard InChI is InChI=1S/C31H38ClN3O5S/c1-6-28(30(37)33-31(3,4)5)34(21-23-13-15-24(32)16-14-23)29(36)22-35(25-11-9-8-10-12-25)41(38,39)27-19-17-26(18-20-27)40-7-2/h8-20,28H,6-7,21-22H2,1-5H3,(H,33,37)/t28-/m0/s1. The molecule has 0 fully saturated rings. The Morgan fingerprint density at radius 3 is 2.07 bits per heavy atom. The van der Waals surface area contributed by atoms with Crippen molar-refractivity contribution >= 4 is 39.1 Å². The summed E-state index contributed by atoms with van der Waals surface area (Å²) < 4.78 is 34.4. The summed E-state index contributed by atoms with van der Waals surface area (Å²) in [5.41, 5.74) is 0.561. The lowest BCUT2D eigenvalue weighted by molar-refractivity contribution is -0.141. The van der Waals surface area contributed by atoms with Crippen LogP contribution >= 0.6 is 11.6 Å². The summed E-state index contributed by atoms with van der Waals surface area (Å²) in [6, 6.07) is 20.7. The van der Waals surface area contributed by atoms with Crippen molar-refractivity contribution in [3.8, 4) is 5.75 Å². The summed E-state index contributed by atoms with van der Waals surface area (Å²) in [6.45, 7) is 9.29. The van der Waals surface area contributed by atoms with Gasteiger partial charge in [-0.25, -0.2) is 8.42 Å². The first-order chi connectivity index (χ1) is 19.4. The van der Waals surface area contributed by atoms with Crippen LogP contribution in [0.4, 0.5) is 5.69 Å². The zero-order valence-corrected chi connectivity index (χ0v) is 25.7. The normalized spacial score (nSPS) is 12.3. The first-order valence-corrected chi connectivity index (χ1v) is 15.3. The highest BCUT2D eigenvalue weighted by atomic mass is 35.5. The number of nitrogens with zero attached hydrogens (tertiary/aromatic N) is 2. The van der Waals surface area contributed by atoms with E-state index in [0.717, 1.165) is 9.87 Å². The molecule has 1 atom stereocenters. The van der Waals surface area contributed by atoms with Gasteiger partial charge in [0.15, 0.2) is 0 Å². The number of carbonyl (C=O) groups is 2. The fourth-order valence-corrected chi connectivity index (χ4v) is 5.82. The Bertz CT molecular complexity index is 1410. The van der Waals surface area contributed by atoms with Gasteiger partial charge in [-0.3, -0.25) is 13.9 Å². The van der Waals surface area contributed by atoms with Crippen molar-refractivity contribution in [3.63, 3.8) is 0 Å². The number of ether oxygens (including phenoxy) is 1. The van der Waals surface area contributed by atoms with Gasteiger partial charge in [0.2, 0.25) is 11.8 Å². The van der Waals surface area contributed by atoms with Gasteiger partial charge in [-0.1, -0.05) is 48.9 Å². The number of anilines is 1. The molecule has 0 aliphatic carbocycles. The third-order valence-corrected chi connectivity index (χ3v) is 8.24. The van der Waals surface area contributed by atoms with Crippen molar-refractivity contribution in [2.24, 2.45) is 0 Å². The van der Waals surface area contributed by atoms with Crippen LogP contribution < -0.4 is 14.4 Å². The van der Waals surface area contributed by atoms with E-state index in [0.29, 0.717) is 29.5 Å². The number of amides is 2. The highest BCUT2D eigenvalue weighted by Gasteiger charge is 2.34. The molecule has 0 saturated carbocycles. The molecule has 0 unspecified atom stereocenters. The van der Waals surface area contributed by atoms with Crippen LogP contribution in [-0.4, -0.2) is 49.9 Å². The minimum atomic E-state index is -4.16. The first kappa shape index (κ1) is 32.0. The number of nitrogens with one attached hydrogen (secondary N) is 1. The number of carbonyl (C=O) groups excluding carboxylic acids is 2. The molecule has 8 nitrogen and oxygen atoms in total. The Balaban J connectivity index is 2.03. The highest BCUT2D eigenvalue weighted by Crippen LogP contribution is 2.26. The molecule has 220 valence electrons. The number of para-hydroxylation sites is 1. The average Bonchev–Trinajstić information content (AvgIpc) is 2.92. The maximum atomic E-state index is 14.1. The number of rotatable bonds is 12. The van der Waals surface area contributed by atoms with Crippen molar-refractivity contribution in [3.05, 3.63) is 89.4 Å². The SMILES string of the molecule is CCOc1ccc(S(=O)(=O)N(CC(=O)N(Cc2ccc(Cl)cc2)[C@@H](CC)C(=O)NC(C)(C)C)c2ccccc2)cc1. The van der Waals surface area contributed by atoms with Gasteiger partial charge in [-0.15, -0.1) is 0 Å². The summed E-state index contributed by atoms with van der Waals surface area (Å²) in [6.07, 6.45) is 0.332. The number of hydrogen-bond acceptors (Lipinski definition) is 5. The third-order valence-electron chi connectivity index (χ3n) is 6.20. The molecule has 3 aromatic carbocycles. The summed E-state index contributed by atoms with van der Waals surface area (Å²) in [7, 11) is -4.16. The molecule has 0 spiro atoms. The van der Waals surface area contributed by atoms with Crippen LogP contribution in [0.1, 0.15) is 46.6 Å². The van der Waals surface area contributed by atoms with Crippen LogP contribution in [0.25, 0.3) is 0 Å². The van der Waals surface area contributed by atoms with E-state index in [1.165, 1.54) is 17.0 Å². The first-order valence-electron chi connectivity index (χ1n) is 13.5. The van der Waals surface area contributed by atoms with Crippen molar-refractivity contribution in [1.82, 2.24) is 10.2 Å². The van der Waals surface area contributed by atoms with Gasteiger partial charge < -0.3 is 15.0 Å². The van der Waals surface area contributed by atoms with Crippen LogP contribution in [0.5, 0.6) is 5.75 Å². The van der Waals surface area contributed by atoms with E-state index in [1.54, 1.807) is 66.7 Å². The lowest BCUT2D eigenvalue weighted by Gasteiger charge is -2.34. The molecular weight excluding hydrogens is 562 g/mol. The molecule has 3 rings (SSSR count). The Kier molecular flexibility index (Phi) is 10.8. The van der Waals surface area contributed by atoms with Gasteiger partial charge in [0, 0.05) is 17.1 Å². The van der Waals surface area contributed by atoms with Gasteiger partial charge in [-0.05, 0) is 88.2 Å². The van der Waals surface area contributed by atoms with Crippen LogP contribution in [0.2, 0.25) is 5.02 Å². The minimum absolute atomic E-state index is 0.0133. The van der Waals surface area contributed by atoms with Crippen LogP contribution in [0.3, 0.4) is 0 Å². The van der Waals surface area contributed by atoms with Gasteiger partial charge in [0.1, 0.15) is 18.3 Å². The Morgan fingerprint density at radius 2 is 1.54 bits per heavy atom. The average molecular weight is 600 g/mol. The molecule has 0 saturated heterocycles. The fourth-order valence-electron chi connectivity index (χ4n) is 4.28. The number of benzene rings is 3. The van der Waals surface area contributed by atoms with Crippen LogP contribution in [-0.2, 0) is 26.2 Å². The minimum Gasteiger partial charge on any atom is -0.494 e. The zero-order valence-electron chi connectivity index (χ0n) is 24.1. The second-order valence-corrected chi connectivity index (χ2v) is 12.9. The van der Waals surface area contributed by atoms with Gasteiger partial charge in [0.05, 0.1) is 17.2 Å². The molecule has 0 aliphatic heterocycles.